The van der Waals surface area contributed by atoms with E-state index >= 15 is 0 Å². The third-order valence-electron chi connectivity index (χ3n) is 4.30. The van der Waals surface area contributed by atoms with Crippen molar-refractivity contribution in [2.45, 2.75) is 19.0 Å². The molecule has 23 heavy (non-hydrogen) atoms. The summed E-state index contributed by atoms with van der Waals surface area (Å²) < 4.78 is 4.96. The topological polar surface area (TPSA) is 75.9 Å². The van der Waals surface area contributed by atoms with Gasteiger partial charge in [-0.2, -0.15) is 0 Å². The molecule has 1 saturated heterocycles. The van der Waals surface area contributed by atoms with Gasteiger partial charge in [-0.3, -0.25) is 14.6 Å². The lowest BCUT2D eigenvalue weighted by molar-refractivity contribution is -0.148. The fraction of sp³-hybridized carbons (Fsp3) is 0.500. The van der Waals surface area contributed by atoms with Crippen LogP contribution in [0.2, 0.25) is 5.02 Å². The lowest BCUT2D eigenvalue weighted by Crippen LogP contribution is -2.54. The molecular weight excluding hydrogens is 318 g/mol. The number of ether oxygens (including phenoxy) is 1. The molecule has 6 nitrogen and oxygen atoms in total. The Labute approximate surface area is 141 Å². The maximum atomic E-state index is 12.3. The molecule has 0 aromatic heterocycles. The normalized spacial score (nSPS) is 19.1. The van der Waals surface area contributed by atoms with Gasteiger partial charge in [0.15, 0.2) is 0 Å². The molecule has 126 valence electrons. The van der Waals surface area contributed by atoms with Crippen molar-refractivity contribution in [3.63, 3.8) is 0 Å². The standard InChI is InChI=1S/C16H22ClN3O3/c1-11(15(18)21)19-7-9-20(10-8-19)14(16(22)23-2)12-5-3-4-6-13(12)17/h3-6,11,14H,7-10H2,1-2H3,(H2,18,21). The third kappa shape index (κ3) is 4.02. The highest BCUT2D eigenvalue weighted by molar-refractivity contribution is 6.31. The van der Waals surface area contributed by atoms with Crippen molar-refractivity contribution in [2.75, 3.05) is 33.3 Å². The molecule has 0 aliphatic carbocycles. The minimum Gasteiger partial charge on any atom is -0.468 e. The van der Waals surface area contributed by atoms with Crippen LogP contribution < -0.4 is 5.73 Å². The summed E-state index contributed by atoms with van der Waals surface area (Å²) in [7, 11) is 1.37. The molecule has 1 aromatic carbocycles. The van der Waals surface area contributed by atoms with E-state index in [9.17, 15) is 9.59 Å². The van der Waals surface area contributed by atoms with Crippen LogP contribution in [0.1, 0.15) is 18.5 Å². The molecule has 2 unspecified atom stereocenters. The maximum absolute atomic E-state index is 12.3. The van der Waals surface area contributed by atoms with E-state index in [2.05, 4.69) is 0 Å². The molecule has 1 fully saturated rings. The Morgan fingerprint density at radius 1 is 1.17 bits per heavy atom. The Kier molecular flexibility index (Phi) is 5.98. The van der Waals surface area contributed by atoms with E-state index in [4.69, 9.17) is 22.1 Å². The fourth-order valence-corrected chi connectivity index (χ4v) is 3.08. The Hall–Kier alpha value is -1.63. The monoisotopic (exact) mass is 339 g/mol. The number of esters is 1. The number of nitrogens with zero attached hydrogens (tertiary/aromatic N) is 2. The number of piperazine rings is 1. The van der Waals surface area contributed by atoms with Crippen molar-refractivity contribution >= 4 is 23.5 Å². The Balaban J connectivity index is 2.15. The van der Waals surface area contributed by atoms with Crippen molar-refractivity contribution in [3.05, 3.63) is 34.9 Å². The van der Waals surface area contributed by atoms with E-state index in [0.717, 1.165) is 5.56 Å². The van der Waals surface area contributed by atoms with Gasteiger partial charge in [-0.1, -0.05) is 29.8 Å². The summed E-state index contributed by atoms with van der Waals surface area (Å²) in [5.74, 6) is -0.677. The van der Waals surface area contributed by atoms with Gasteiger partial charge in [0.2, 0.25) is 5.91 Å². The van der Waals surface area contributed by atoms with Gasteiger partial charge in [0.05, 0.1) is 13.2 Å². The molecule has 1 amide bonds. The van der Waals surface area contributed by atoms with Crippen LogP contribution in [-0.4, -0.2) is 61.0 Å². The van der Waals surface area contributed by atoms with E-state index in [1.54, 1.807) is 13.0 Å². The van der Waals surface area contributed by atoms with Gasteiger partial charge >= 0.3 is 5.97 Å². The quantitative estimate of drug-likeness (QED) is 0.811. The number of benzene rings is 1. The predicted octanol–water partition coefficient (Wildman–Crippen LogP) is 1.05. The van der Waals surface area contributed by atoms with Crippen LogP contribution in [0, 0.1) is 0 Å². The summed E-state index contributed by atoms with van der Waals surface area (Å²) in [6.45, 7) is 4.36. The zero-order chi connectivity index (χ0) is 17.0. The van der Waals surface area contributed by atoms with Gasteiger partial charge in [-0.25, -0.2) is 4.79 Å². The van der Waals surface area contributed by atoms with Crippen molar-refractivity contribution in [3.8, 4) is 0 Å². The van der Waals surface area contributed by atoms with Crippen LogP contribution in [0.25, 0.3) is 0 Å². The van der Waals surface area contributed by atoms with Crippen LogP contribution in [0.3, 0.4) is 0 Å². The second-order valence-corrected chi connectivity index (χ2v) is 6.00. The highest BCUT2D eigenvalue weighted by Crippen LogP contribution is 2.29. The van der Waals surface area contributed by atoms with Gasteiger partial charge in [-0.05, 0) is 18.6 Å². The number of halogens is 1. The number of rotatable bonds is 5. The van der Waals surface area contributed by atoms with Crippen LogP contribution >= 0.6 is 11.6 Å². The van der Waals surface area contributed by atoms with E-state index in [1.165, 1.54) is 7.11 Å². The molecule has 7 heteroatoms. The largest absolute Gasteiger partial charge is 0.468 e. The number of nitrogens with two attached hydrogens (primary N) is 1. The number of carbonyl (C=O) groups excluding carboxylic acids is 2. The summed E-state index contributed by atoms with van der Waals surface area (Å²) in [4.78, 5) is 27.6. The van der Waals surface area contributed by atoms with Gasteiger partial charge in [0.25, 0.3) is 0 Å². The molecule has 1 aromatic rings. The summed E-state index contributed by atoms with van der Waals surface area (Å²) in [5.41, 5.74) is 6.09. The first-order chi connectivity index (χ1) is 11.0. The summed E-state index contributed by atoms with van der Waals surface area (Å²) in [6, 6.07) is 6.42. The van der Waals surface area contributed by atoms with Gasteiger partial charge < -0.3 is 10.5 Å². The zero-order valence-corrected chi connectivity index (χ0v) is 14.1. The molecule has 1 aliphatic rings. The Bertz CT molecular complexity index is 573. The van der Waals surface area contributed by atoms with E-state index in [1.807, 2.05) is 28.0 Å². The summed E-state index contributed by atoms with van der Waals surface area (Å²) >= 11 is 6.25. The lowest BCUT2D eigenvalue weighted by Gasteiger charge is -2.40. The number of amides is 1. The molecule has 2 atom stereocenters. The molecule has 2 N–H and O–H groups in total. The number of primary amides is 1. The second kappa shape index (κ2) is 7.77. The Morgan fingerprint density at radius 3 is 2.26 bits per heavy atom. The van der Waals surface area contributed by atoms with Crippen LogP contribution in [0.5, 0.6) is 0 Å². The number of hydrogen-bond acceptors (Lipinski definition) is 5. The van der Waals surface area contributed by atoms with E-state index in [-0.39, 0.29) is 17.9 Å². The highest BCUT2D eigenvalue weighted by atomic mass is 35.5. The maximum Gasteiger partial charge on any atom is 0.327 e. The average Bonchev–Trinajstić information content (AvgIpc) is 2.56. The van der Waals surface area contributed by atoms with E-state index < -0.39 is 6.04 Å². The molecule has 1 heterocycles. The number of carbonyl (C=O) groups is 2. The van der Waals surface area contributed by atoms with Gasteiger partial charge in [-0.15, -0.1) is 0 Å². The van der Waals surface area contributed by atoms with Gasteiger partial charge in [0.1, 0.15) is 6.04 Å². The molecule has 0 saturated carbocycles. The zero-order valence-electron chi connectivity index (χ0n) is 13.4. The Morgan fingerprint density at radius 2 is 1.74 bits per heavy atom. The summed E-state index contributed by atoms with van der Waals surface area (Å²) in [6.07, 6.45) is 0. The lowest BCUT2D eigenvalue weighted by atomic mass is 10.0. The van der Waals surface area contributed by atoms with Crippen molar-refractivity contribution < 1.29 is 14.3 Å². The van der Waals surface area contributed by atoms with Crippen molar-refractivity contribution in [1.29, 1.82) is 0 Å². The van der Waals surface area contributed by atoms with Crippen molar-refractivity contribution in [1.82, 2.24) is 9.80 Å². The first-order valence-corrected chi connectivity index (χ1v) is 7.93. The number of methoxy groups -OCH3 is 1. The summed E-state index contributed by atoms with van der Waals surface area (Å²) in [5, 5.41) is 0.538. The first-order valence-electron chi connectivity index (χ1n) is 7.55. The molecule has 0 spiro atoms. The van der Waals surface area contributed by atoms with Crippen molar-refractivity contribution in [2.24, 2.45) is 5.73 Å². The van der Waals surface area contributed by atoms with Gasteiger partial charge in [0, 0.05) is 31.2 Å². The molecule has 1 aliphatic heterocycles. The minimum absolute atomic E-state index is 0.311. The third-order valence-corrected chi connectivity index (χ3v) is 4.64. The van der Waals surface area contributed by atoms with E-state index in [0.29, 0.717) is 31.2 Å². The van der Waals surface area contributed by atoms with Crippen LogP contribution in [0.4, 0.5) is 0 Å². The molecule has 2 rings (SSSR count). The van der Waals surface area contributed by atoms with Crippen LogP contribution in [0.15, 0.2) is 24.3 Å². The predicted molar refractivity (Wildman–Crippen MR) is 88.0 cm³/mol. The second-order valence-electron chi connectivity index (χ2n) is 5.60. The smallest absolute Gasteiger partial charge is 0.327 e. The SMILES string of the molecule is COC(=O)C(c1ccccc1Cl)N1CCN(C(C)C(N)=O)CC1. The fourth-order valence-electron chi connectivity index (χ4n) is 2.84. The average molecular weight is 340 g/mol. The minimum atomic E-state index is -0.542. The molecular formula is C16H22ClN3O3. The highest BCUT2D eigenvalue weighted by Gasteiger charge is 2.34. The first kappa shape index (κ1) is 17.7. The molecule has 0 radical (unpaired) electrons. The molecule has 0 bridgehead atoms. The number of hydrogen-bond donors (Lipinski definition) is 1. The van der Waals surface area contributed by atoms with Crippen LogP contribution in [-0.2, 0) is 14.3 Å².